The molecular formula is C49H26BrF6I6N2OP. The number of ketones is 1. The molecule has 0 aliphatic rings. The van der Waals surface area contributed by atoms with Crippen LogP contribution in [0.4, 0.5) is 26.3 Å². The van der Waals surface area contributed by atoms with E-state index in [0.717, 1.165) is 0 Å². The smallest absolute Gasteiger partial charge is 0.168 e. The molecule has 0 N–H and O–H groups in total. The van der Waals surface area contributed by atoms with Crippen LogP contribution in [0, 0.1) is 117 Å². The summed E-state index contributed by atoms with van der Waals surface area (Å²) >= 11 is 9.82. The van der Waals surface area contributed by atoms with Gasteiger partial charge in [0.25, 0.3) is 0 Å². The van der Waals surface area contributed by atoms with Gasteiger partial charge in [-0.1, -0.05) is 54.6 Å². The van der Waals surface area contributed by atoms with Crippen LogP contribution in [0.2, 0.25) is 0 Å². The van der Waals surface area contributed by atoms with Gasteiger partial charge < -0.3 is 17.0 Å². The van der Waals surface area contributed by atoms with Gasteiger partial charge in [-0.2, -0.15) is 10.5 Å². The van der Waals surface area contributed by atoms with E-state index in [1.165, 1.54) is 29.8 Å². The Labute approximate surface area is 474 Å². The summed E-state index contributed by atoms with van der Waals surface area (Å²) in [7, 11) is -1.96. The second kappa shape index (κ2) is 35.1. The summed E-state index contributed by atoms with van der Waals surface area (Å²) < 4.78 is 97.1. The highest BCUT2D eigenvalue weighted by atomic mass is 127. The van der Waals surface area contributed by atoms with Gasteiger partial charge in [0.15, 0.2) is 40.7 Å². The highest BCUT2D eigenvalue weighted by Gasteiger charge is 2.46. The molecule has 0 amide bonds. The van der Waals surface area contributed by atoms with Crippen molar-refractivity contribution >= 4 is 165 Å². The van der Waals surface area contributed by atoms with Crippen molar-refractivity contribution in [3.05, 3.63) is 159 Å². The number of carbonyl (C=O) groups is 1. The Morgan fingerprint density at radius 3 is 0.742 bits per heavy atom. The number of halogens is 13. The molecule has 66 heavy (non-hydrogen) atoms. The van der Waals surface area contributed by atoms with Crippen LogP contribution >= 0.6 is 143 Å². The number of rotatable bonds is 5. The van der Waals surface area contributed by atoms with Crippen LogP contribution in [0.3, 0.4) is 0 Å². The van der Waals surface area contributed by atoms with Gasteiger partial charge in [0, 0.05) is 149 Å². The lowest BCUT2D eigenvalue weighted by Gasteiger charge is -2.26. The molecule has 5 rings (SSSR count). The van der Waals surface area contributed by atoms with Crippen LogP contribution in [-0.4, -0.2) is 11.9 Å². The lowest BCUT2D eigenvalue weighted by Crippen LogP contribution is -3.00. The Balaban J connectivity index is 0.000000907. The minimum atomic E-state index is -1.96. The lowest BCUT2D eigenvalue weighted by atomic mass is 10.0. The first-order valence-electron chi connectivity index (χ1n) is 17.5. The standard InChI is InChI=1S/C21H20OP.2C12F3I3.2C2H3N.BrH/c1-18(22)17-23(19-11-5-2-6-12-19,20-13-7-3-8-14-20)21-15-9-4-10-16-21;2*13-10-7(1-4-16)11(14)9(3-6-18)12(15)8(10)2-5-17;2*1-2-3;/h2-16H,17H2,1H3;;;2*1H3;1H/q+1;;;;;/p-1. The predicted molar refractivity (Wildman–Crippen MR) is 301 cm³/mol. The fourth-order valence-electron chi connectivity index (χ4n) is 5.37. The number of benzene rings is 5. The van der Waals surface area contributed by atoms with Crippen LogP contribution < -0.4 is 32.9 Å². The van der Waals surface area contributed by atoms with Gasteiger partial charge in [0.05, 0.1) is 45.5 Å². The first-order chi connectivity index (χ1) is 31.2. The van der Waals surface area contributed by atoms with Gasteiger partial charge in [0.2, 0.25) is 0 Å². The van der Waals surface area contributed by atoms with Gasteiger partial charge in [-0.15, -0.1) is 0 Å². The highest BCUT2D eigenvalue weighted by Crippen LogP contribution is 2.55. The van der Waals surface area contributed by atoms with Gasteiger partial charge in [-0.05, 0) is 102 Å². The van der Waals surface area contributed by atoms with E-state index in [-0.39, 0.29) is 22.8 Å². The minimum absolute atomic E-state index is 0. The van der Waals surface area contributed by atoms with Crippen molar-refractivity contribution in [2.75, 3.05) is 6.16 Å². The zero-order valence-electron chi connectivity index (χ0n) is 34.0. The van der Waals surface area contributed by atoms with Crippen LogP contribution in [0.25, 0.3) is 0 Å². The van der Waals surface area contributed by atoms with Crippen LogP contribution in [0.5, 0.6) is 0 Å². The quantitative estimate of drug-likeness (QED) is 0.0763. The average molecular weight is 1650 g/mol. The molecule has 0 radical (unpaired) electrons. The summed E-state index contributed by atoms with van der Waals surface area (Å²) in [5.74, 6) is 7.12. The van der Waals surface area contributed by atoms with Gasteiger partial charge in [-0.25, -0.2) is 26.3 Å². The molecule has 0 unspecified atom stereocenters. The summed E-state index contributed by atoms with van der Waals surface area (Å²) in [6.07, 6.45) is 0.561. The minimum Gasteiger partial charge on any atom is -1.00 e. The van der Waals surface area contributed by atoms with E-state index in [9.17, 15) is 31.1 Å². The van der Waals surface area contributed by atoms with E-state index in [1.54, 1.807) is 155 Å². The number of hydrogen-bond donors (Lipinski definition) is 0. The van der Waals surface area contributed by atoms with Crippen molar-refractivity contribution in [3.63, 3.8) is 0 Å². The van der Waals surface area contributed by atoms with Gasteiger partial charge in [-0.3, -0.25) is 4.79 Å². The fraction of sp³-hybridized carbons (Fsp3) is 0.0816. The van der Waals surface area contributed by atoms with Gasteiger partial charge in [0.1, 0.15) is 29.3 Å². The van der Waals surface area contributed by atoms with E-state index in [1.807, 2.05) is 18.2 Å². The van der Waals surface area contributed by atoms with Crippen molar-refractivity contribution in [2.24, 2.45) is 0 Å². The molecule has 0 fully saturated rings. The maximum Gasteiger partial charge on any atom is 0.168 e. The van der Waals surface area contributed by atoms with E-state index < -0.39 is 75.5 Å². The Morgan fingerprint density at radius 2 is 0.606 bits per heavy atom. The topological polar surface area (TPSA) is 64.7 Å². The van der Waals surface area contributed by atoms with Crippen molar-refractivity contribution in [3.8, 4) is 71.2 Å². The Kier molecular flexibility index (Phi) is 33.5. The maximum atomic E-state index is 13.8. The average Bonchev–Trinajstić information content (AvgIpc) is 3.31. The normalized spacial score (nSPS) is 8.68. The molecule has 0 aliphatic carbocycles. The number of nitriles is 2. The summed E-state index contributed by atoms with van der Waals surface area (Å²) in [4.78, 5) is 12.2. The molecule has 334 valence electrons. The zero-order valence-corrected chi connectivity index (χ0v) is 49.5. The number of hydrogen-bond acceptors (Lipinski definition) is 3. The SMILES string of the molecule is CC#N.CC#N.CC(=O)C[P+](c1ccccc1)(c1ccccc1)c1ccccc1.Fc1c(C#CI)c(F)c(C#CI)c(F)c1C#CI.Fc1c(C#CI)c(F)c(C#CI)c(F)c1C#CI.[Br-]. The third-order valence-corrected chi connectivity index (χ3v) is 13.8. The molecule has 0 saturated carbocycles. The molecule has 0 heterocycles. The van der Waals surface area contributed by atoms with Crippen LogP contribution in [0.1, 0.15) is 54.2 Å². The van der Waals surface area contributed by atoms with Crippen molar-refractivity contribution in [1.82, 2.24) is 0 Å². The Hall–Kier alpha value is -3.02. The molecule has 0 saturated heterocycles. The van der Waals surface area contributed by atoms with Crippen molar-refractivity contribution in [1.29, 1.82) is 10.5 Å². The first-order valence-corrected chi connectivity index (χ1v) is 25.9. The molecule has 0 spiro atoms. The van der Waals surface area contributed by atoms with Crippen LogP contribution in [0.15, 0.2) is 91.0 Å². The molecule has 3 nitrogen and oxygen atoms in total. The second-order valence-corrected chi connectivity index (χ2v) is 18.3. The summed E-state index contributed by atoms with van der Waals surface area (Å²) in [5, 5.41) is 18.4. The zero-order chi connectivity index (χ0) is 49.0. The summed E-state index contributed by atoms with van der Waals surface area (Å²) in [5.41, 5.74) is -3.12. The predicted octanol–water partition coefficient (Wildman–Crippen LogP) is 10.3. The Morgan fingerprint density at radius 1 is 0.439 bits per heavy atom. The lowest BCUT2D eigenvalue weighted by molar-refractivity contribution is -0.114. The van der Waals surface area contributed by atoms with E-state index in [2.05, 4.69) is 132 Å². The first kappa shape index (κ1) is 63.0. The molecule has 0 atom stereocenters. The molecule has 5 aromatic carbocycles. The molecule has 17 heteroatoms. The largest absolute Gasteiger partial charge is 1.00 e. The number of Topliss-reactive ketones (excluding diaryl/α,β-unsaturated/α-hetero) is 1. The van der Waals surface area contributed by atoms with E-state index >= 15 is 0 Å². The third kappa shape index (κ3) is 18.1. The van der Waals surface area contributed by atoms with Crippen LogP contribution in [-0.2, 0) is 4.79 Å². The molecule has 0 aromatic heterocycles. The monoisotopic (exact) mass is 1640 g/mol. The van der Waals surface area contributed by atoms with Crippen molar-refractivity contribution < 1.29 is 48.1 Å². The molecule has 0 bridgehead atoms. The van der Waals surface area contributed by atoms with Crippen molar-refractivity contribution in [2.45, 2.75) is 20.8 Å². The van der Waals surface area contributed by atoms with E-state index in [4.69, 9.17) is 10.5 Å². The fourth-order valence-corrected chi connectivity index (χ4v) is 11.1. The maximum absolute atomic E-state index is 13.8. The molecule has 0 aliphatic heterocycles. The Bertz CT molecular complexity index is 2490. The summed E-state index contributed by atoms with van der Waals surface area (Å²) in [6.45, 7) is 4.56. The molecule has 5 aromatic rings. The third-order valence-electron chi connectivity index (χ3n) is 7.72. The summed E-state index contributed by atoms with van der Waals surface area (Å²) in [6, 6.07) is 35.0. The molecular weight excluding hydrogens is 1620 g/mol. The van der Waals surface area contributed by atoms with Gasteiger partial charge >= 0.3 is 0 Å². The highest BCUT2D eigenvalue weighted by molar-refractivity contribution is 14.1. The number of nitrogens with zero attached hydrogens (tertiary/aromatic N) is 2. The number of carbonyl (C=O) groups excluding carboxylic acids is 1. The second-order valence-electron chi connectivity index (χ2n) is 11.6. The van der Waals surface area contributed by atoms with E-state index in [0.29, 0.717) is 6.16 Å².